The number of sulfonamides is 1. The number of pyridine rings is 1. The zero-order chi connectivity index (χ0) is 22.8. The van der Waals surface area contributed by atoms with E-state index in [4.69, 9.17) is 4.74 Å². The third kappa shape index (κ3) is 4.57. The standard InChI is InChI=1S/C23H17FN4O3S2/c24-19-6-2-1-5-15(19)14-31-18-12-16(22-26-20-7-3-9-25-23(20)27-22)11-17(13-18)28-33(29,30)21-8-4-10-32-21/h1-13,28H,14H2,(H,25,26,27). The van der Waals surface area contributed by atoms with E-state index in [-0.39, 0.29) is 22.3 Å². The monoisotopic (exact) mass is 480 g/mol. The van der Waals surface area contributed by atoms with Crippen LogP contribution >= 0.6 is 11.3 Å². The van der Waals surface area contributed by atoms with Gasteiger partial charge in [-0.15, -0.1) is 11.3 Å². The van der Waals surface area contributed by atoms with Gasteiger partial charge in [0.05, 0.1) is 11.2 Å². The van der Waals surface area contributed by atoms with Gasteiger partial charge in [-0.1, -0.05) is 24.3 Å². The lowest BCUT2D eigenvalue weighted by Crippen LogP contribution is -2.11. The SMILES string of the molecule is O=S(=O)(Nc1cc(OCc2ccccc2F)cc(-c2nc3ncccc3[nH]2)c1)c1cccs1. The van der Waals surface area contributed by atoms with Crippen LogP contribution in [-0.2, 0) is 16.6 Å². The Kier molecular flexibility index (Phi) is 5.53. The number of hydrogen-bond donors (Lipinski definition) is 2. The molecule has 2 aromatic carbocycles. The normalized spacial score (nSPS) is 11.5. The first-order valence-corrected chi connectivity index (χ1v) is 12.2. The van der Waals surface area contributed by atoms with Crippen LogP contribution in [0.15, 0.2) is 82.5 Å². The highest BCUT2D eigenvalue weighted by Crippen LogP contribution is 2.30. The molecule has 0 saturated heterocycles. The van der Waals surface area contributed by atoms with Crippen LogP contribution in [0.2, 0.25) is 0 Å². The van der Waals surface area contributed by atoms with E-state index < -0.39 is 10.0 Å². The fourth-order valence-corrected chi connectivity index (χ4v) is 5.29. The van der Waals surface area contributed by atoms with Gasteiger partial charge in [-0.3, -0.25) is 4.72 Å². The maximum Gasteiger partial charge on any atom is 0.271 e. The van der Waals surface area contributed by atoms with E-state index in [0.29, 0.717) is 28.3 Å². The molecule has 3 heterocycles. The summed E-state index contributed by atoms with van der Waals surface area (Å²) < 4.78 is 48.1. The summed E-state index contributed by atoms with van der Waals surface area (Å²) >= 11 is 1.12. The number of nitrogens with one attached hydrogen (secondary N) is 2. The second-order valence-electron chi connectivity index (χ2n) is 7.12. The van der Waals surface area contributed by atoms with Crippen LogP contribution in [-0.4, -0.2) is 23.4 Å². The lowest BCUT2D eigenvalue weighted by molar-refractivity contribution is 0.300. The number of fused-ring (bicyclic) bond motifs is 1. The molecule has 0 aliphatic heterocycles. The molecule has 0 spiro atoms. The summed E-state index contributed by atoms with van der Waals surface area (Å²) in [6.45, 7) is -0.0189. The van der Waals surface area contributed by atoms with E-state index in [0.717, 1.165) is 16.9 Å². The van der Waals surface area contributed by atoms with E-state index in [9.17, 15) is 12.8 Å². The first-order valence-electron chi connectivity index (χ1n) is 9.87. The fourth-order valence-electron chi connectivity index (χ4n) is 3.26. The second-order valence-corrected chi connectivity index (χ2v) is 9.98. The molecule has 5 rings (SSSR count). The number of halogens is 1. The van der Waals surface area contributed by atoms with E-state index in [1.165, 1.54) is 12.1 Å². The van der Waals surface area contributed by atoms with Crippen LogP contribution < -0.4 is 9.46 Å². The molecule has 10 heteroatoms. The molecule has 0 aliphatic carbocycles. The Morgan fingerprint density at radius 3 is 2.73 bits per heavy atom. The predicted octanol–water partition coefficient (Wildman–Crippen LogP) is 5.21. The van der Waals surface area contributed by atoms with Gasteiger partial charge in [-0.05, 0) is 41.8 Å². The van der Waals surface area contributed by atoms with Crippen molar-refractivity contribution in [3.8, 4) is 17.1 Å². The smallest absolute Gasteiger partial charge is 0.271 e. The number of H-pyrrole nitrogens is 1. The van der Waals surface area contributed by atoms with Gasteiger partial charge in [0, 0.05) is 23.4 Å². The molecule has 7 nitrogen and oxygen atoms in total. The van der Waals surface area contributed by atoms with Crippen LogP contribution in [0.5, 0.6) is 5.75 Å². The van der Waals surface area contributed by atoms with Gasteiger partial charge in [-0.2, -0.15) is 0 Å². The molecular formula is C23H17FN4O3S2. The van der Waals surface area contributed by atoms with Gasteiger partial charge >= 0.3 is 0 Å². The second kappa shape index (κ2) is 8.64. The van der Waals surface area contributed by atoms with Crippen LogP contribution in [0, 0.1) is 5.82 Å². The number of aromatic nitrogens is 3. The Labute approximate surface area is 193 Å². The molecule has 0 saturated carbocycles. The highest BCUT2D eigenvalue weighted by molar-refractivity contribution is 7.94. The number of hydrogen-bond acceptors (Lipinski definition) is 6. The Balaban J connectivity index is 1.52. The molecule has 2 N–H and O–H groups in total. The van der Waals surface area contributed by atoms with Crippen molar-refractivity contribution in [2.45, 2.75) is 10.8 Å². The van der Waals surface area contributed by atoms with Crippen molar-refractivity contribution in [2.75, 3.05) is 4.72 Å². The van der Waals surface area contributed by atoms with Gasteiger partial charge < -0.3 is 9.72 Å². The number of benzene rings is 2. The van der Waals surface area contributed by atoms with Crippen molar-refractivity contribution >= 4 is 38.2 Å². The molecule has 166 valence electrons. The maximum atomic E-state index is 14.0. The minimum absolute atomic E-state index is 0.0189. The number of anilines is 1. The van der Waals surface area contributed by atoms with Crippen LogP contribution in [0.4, 0.5) is 10.1 Å². The summed E-state index contributed by atoms with van der Waals surface area (Å²) in [6, 6.07) is 18.1. The van der Waals surface area contributed by atoms with Gasteiger partial charge in [0.25, 0.3) is 10.0 Å². The number of aromatic amines is 1. The van der Waals surface area contributed by atoms with Crippen molar-refractivity contribution in [1.29, 1.82) is 0 Å². The van der Waals surface area contributed by atoms with Crippen molar-refractivity contribution in [3.05, 3.63) is 89.7 Å². The number of thiophene rings is 1. The average Bonchev–Trinajstić information content (AvgIpc) is 3.49. The van der Waals surface area contributed by atoms with Crippen LogP contribution in [0.3, 0.4) is 0 Å². The lowest BCUT2D eigenvalue weighted by atomic mass is 10.1. The third-order valence-corrected chi connectivity index (χ3v) is 7.58. The molecule has 5 aromatic rings. The Morgan fingerprint density at radius 1 is 1.06 bits per heavy atom. The number of rotatable bonds is 7. The van der Waals surface area contributed by atoms with E-state index >= 15 is 0 Å². The van der Waals surface area contributed by atoms with E-state index in [2.05, 4.69) is 19.7 Å². The van der Waals surface area contributed by atoms with Crippen LogP contribution in [0.25, 0.3) is 22.6 Å². The molecule has 33 heavy (non-hydrogen) atoms. The van der Waals surface area contributed by atoms with E-state index in [1.54, 1.807) is 60.1 Å². The fraction of sp³-hybridized carbons (Fsp3) is 0.0435. The quantitative estimate of drug-likeness (QED) is 0.334. The molecule has 0 bridgehead atoms. The Bertz CT molecular complexity index is 1500. The summed E-state index contributed by atoms with van der Waals surface area (Å²) in [5, 5.41) is 1.69. The third-order valence-electron chi connectivity index (χ3n) is 4.80. The Morgan fingerprint density at radius 2 is 1.94 bits per heavy atom. The minimum Gasteiger partial charge on any atom is -0.489 e. The predicted molar refractivity (Wildman–Crippen MR) is 125 cm³/mol. The minimum atomic E-state index is -3.77. The Hall–Kier alpha value is -3.76. The van der Waals surface area contributed by atoms with Crippen molar-refractivity contribution in [2.24, 2.45) is 0 Å². The molecule has 0 aliphatic rings. The average molecular weight is 481 g/mol. The number of nitrogens with zero attached hydrogens (tertiary/aromatic N) is 2. The molecule has 0 amide bonds. The summed E-state index contributed by atoms with van der Waals surface area (Å²) in [7, 11) is -3.77. The summed E-state index contributed by atoms with van der Waals surface area (Å²) in [5.74, 6) is 0.472. The largest absolute Gasteiger partial charge is 0.489 e. The highest BCUT2D eigenvalue weighted by Gasteiger charge is 2.17. The molecule has 0 atom stereocenters. The van der Waals surface area contributed by atoms with Crippen molar-refractivity contribution in [3.63, 3.8) is 0 Å². The summed E-state index contributed by atoms with van der Waals surface area (Å²) in [6.07, 6.45) is 1.64. The van der Waals surface area contributed by atoms with Crippen molar-refractivity contribution in [1.82, 2.24) is 15.0 Å². The first kappa shape index (κ1) is 21.1. The maximum absolute atomic E-state index is 14.0. The number of ether oxygens (including phenoxy) is 1. The van der Waals surface area contributed by atoms with Gasteiger partial charge in [0.1, 0.15) is 28.2 Å². The van der Waals surface area contributed by atoms with Crippen LogP contribution in [0.1, 0.15) is 5.56 Å². The van der Waals surface area contributed by atoms with Gasteiger partial charge in [-0.25, -0.2) is 22.8 Å². The molecule has 0 fully saturated rings. The van der Waals surface area contributed by atoms with Gasteiger partial charge in [0.2, 0.25) is 0 Å². The molecule has 3 aromatic heterocycles. The highest BCUT2D eigenvalue weighted by atomic mass is 32.2. The van der Waals surface area contributed by atoms with Gasteiger partial charge in [0.15, 0.2) is 5.65 Å². The number of imidazole rings is 1. The first-order chi connectivity index (χ1) is 16.0. The summed E-state index contributed by atoms with van der Waals surface area (Å²) in [4.78, 5) is 11.9. The topological polar surface area (TPSA) is 97.0 Å². The summed E-state index contributed by atoms with van der Waals surface area (Å²) in [5.41, 5.74) is 2.54. The van der Waals surface area contributed by atoms with E-state index in [1.807, 2.05) is 6.07 Å². The molecular weight excluding hydrogens is 463 g/mol. The zero-order valence-electron chi connectivity index (χ0n) is 17.0. The van der Waals surface area contributed by atoms with Crippen molar-refractivity contribution < 1.29 is 17.5 Å². The molecule has 0 radical (unpaired) electrons. The zero-order valence-corrected chi connectivity index (χ0v) is 18.7. The molecule has 0 unspecified atom stereocenters. The lowest BCUT2D eigenvalue weighted by Gasteiger charge is -2.12.